The third kappa shape index (κ3) is 7.10. The van der Waals surface area contributed by atoms with E-state index in [4.69, 9.17) is 0 Å². The molecule has 1 amide bonds. The second kappa shape index (κ2) is 4.03. The van der Waals surface area contributed by atoms with Crippen molar-refractivity contribution >= 4 is 11.7 Å². The largest absolute Gasteiger partial charge is 0.299 e. The van der Waals surface area contributed by atoms with Crippen LogP contribution in [0.15, 0.2) is 0 Å². The van der Waals surface area contributed by atoms with Gasteiger partial charge in [0.2, 0.25) is 5.91 Å². The Morgan fingerprint density at radius 2 is 1.89 bits per heavy atom. The van der Waals surface area contributed by atoms with Gasteiger partial charge in [-0.25, -0.2) is 5.43 Å². The molecule has 4 heteroatoms. The fraction of sp³-hybridized carbons (Fsp3) is 0.600. The molecule has 0 aromatic heterocycles. The van der Waals surface area contributed by atoms with Gasteiger partial charge in [0.1, 0.15) is 5.78 Å². The van der Waals surface area contributed by atoms with Crippen LogP contribution in [0.5, 0.6) is 0 Å². The van der Waals surface area contributed by atoms with Crippen LogP contribution in [0.1, 0.15) is 13.8 Å². The van der Waals surface area contributed by atoms with Gasteiger partial charge in [-0.3, -0.25) is 15.0 Å². The molecule has 0 spiro atoms. The summed E-state index contributed by atoms with van der Waals surface area (Å²) in [6.07, 6.45) is 0. The van der Waals surface area contributed by atoms with Crippen molar-refractivity contribution in [3.8, 4) is 0 Å². The minimum atomic E-state index is -0.198. The maximum atomic E-state index is 10.2. The molecule has 52 valence electrons. The van der Waals surface area contributed by atoms with E-state index in [-0.39, 0.29) is 18.2 Å². The van der Waals surface area contributed by atoms with E-state index >= 15 is 0 Å². The van der Waals surface area contributed by atoms with Crippen LogP contribution >= 0.6 is 0 Å². The number of rotatable bonds is 3. The number of hydrazine groups is 1. The molecule has 0 unspecified atom stereocenters. The highest BCUT2D eigenvalue weighted by Crippen LogP contribution is 1.60. The van der Waals surface area contributed by atoms with Crippen LogP contribution in [-0.4, -0.2) is 18.2 Å². The van der Waals surface area contributed by atoms with Crippen LogP contribution in [0.25, 0.3) is 0 Å². The van der Waals surface area contributed by atoms with Crippen molar-refractivity contribution in [2.45, 2.75) is 13.8 Å². The van der Waals surface area contributed by atoms with Gasteiger partial charge in [-0.05, 0) is 6.92 Å². The molecule has 0 saturated carbocycles. The van der Waals surface area contributed by atoms with Crippen molar-refractivity contribution < 1.29 is 9.59 Å². The van der Waals surface area contributed by atoms with Crippen molar-refractivity contribution in [2.75, 3.05) is 6.54 Å². The first kappa shape index (κ1) is 8.10. The Morgan fingerprint density at radius 1 is 1.33 bits per heavy atom. The van der Waals surface area contributed by atoms with E-state index < -0.39 is 0 Å². The normalized spacial score (nSPS) is 8.67. The smallest absolute Gasteiger partial charge is 0.230 e. The summed E-state index contributed by atoms with van der Waals surface area (Å²) in [6, 6.07) is 0. The number of amides is 1. The van der Waals surface area contributed by atoms with Gasteiger partial charge < -0.3 is 0 Å². The van der Waals surface area contributed by atoms with E-state index in [1.807, 2.05) is 0 Å². The highest BCUT2D eigenvalue weighted by Gasteiger charge is 1.90. The molecule has 0 rings (SSSR count). The first-order valence-electron chi connectivity index (χ1n) is 2.62. The predicted octanol–water partition coefficient (Wildman–Crippen LogP) is -0.784. The first-order valence-corrected chi connectivity index (χ1v) is 2.62. The van der Waals surface area contributed by atoms with Crippen molar-refractivity contribution in [3.63, 3.8) is 0 Å². The van der Waals surface area contributed by atoms with Gasteiger partial charge in [0, 0.05) is 6.92 Å². The third-order valence-corrected chi connectivity index (χ3v) is 0.602. The van der Waals surface area contributed by atoms with Gasteiger partial charge >= 0.3 is 0 Å². The van der Waals surface area contributed by atoms with Crippen LogP contribution in [0.3, 0.4) is 0 Å². The molecule has 0 radical (unpaired) electrons. The van der Waals surface area contributed by atoms with Crippen LogP contribution in [-0.2, 0) is 9.59 Å². The average Bonchev–Trinajstić information content (AvgIpc) is 1.63. The Bertz CT molecular complexity index is 108. The van der Waals surface area contributed by atoms with Crippen LogP contribution in [0.2, 0.25) is 0 Å². The van der Waals surface area contributed by atoms with Gasteiger partial charge in [-0.2, -0.15) is 0 Å². The van der Waals surface area contributed by atoms with Crippen LogP contribution in [0.4, 0.5) is 0 Å². The Morgan fingerprint density at radius 3 is 2.22 bits per heavy atom. The number of carbonyl (C=O) groups excluding carboxylic acids is 2. The van der Waals surface area contributed by atoms with E-state index in [0.29, 0.717) is 0 Å². The summed E-state index contributed by atoms with van der Waals surface area (Å²) in [6.45, 7) is 2.99. The van der Waals surface area contributed by atoms with Crippen LogP contribution < -0.4 is 10.9 Å². The molecule has 0 bridgehead atoms. The van der Waals surface area contributed by atoms with E-state index in [2.05, 4.69) is 10.9 Å². The van der Waals surface area contributed by atoms with Gasteiger partial charge in [-0.1, -0.05) is 0 Å². The molecule has 0 aliphatic heterocycles. The fourth-order valence-corrected chi connectivity index (χ4v) is 0.293. The van der Waals surface area contributed by atoms with Crippen molar-refractivity contribution in [2.24, 2.45) is 0 Å². The molecular weight excluding hydrogens is 120 g/mol. The summed E-state index contributed by atoms with van der Waals surface area (Å²) in [5.41, 5.74) is 4.70. The first-order chi connectivity index (χ1) is 4.13. The zero-order valence-corrected chi connectivity index (χ0v) is 5.52. The highest BCUT2D eigenvalue weighted by molar-refractivity contribution is 5.78. The number of ketones is 1. The summed E-state index contributed by atoms with van der Waals surface area (Å²) in [7, 11) is 0. The summed E-state index contributed by atoms with van der Waals surface area (Å²) in [5, 5.41) is 0. The fourth-order valence-electron chi connectivity index (χ4n) is 0.293. The third-order valence-electron chi connectivity index (χ3n) is 0.602. The highest BCUT2D eigenvalue weighted by atomic mass is 16.2. The lowest BCUT2D eigenvalue weighted by Crippen LogP contribution is -2.38. The lowest BCUT2D eigenvalue weighted by molar-refractivity contribution is -0.120. The molecule has 0 atom stereocenters. The van der Waals surface area contributed by atoms with Crippen molar-refractivity contribution in [3.05, 3.63) is 0 Å². The SMILES string of the molecule is CC(=O)CNNC(C)=O. The van der Waals surface area contributed by atoms with Gasteiger partial charge in [0.15, 0.2) is 0 Å². The maximum Gasteiger partial charge on any atom is 0.230 e. The van der Waals surface area contributed by atoms with Crippen LogP contribution in [0, 0.1) is 0 Å². The second-order valence-electron chi connectivity index (χ2n) is 1.74. The Kier molecular flexibility index (Phi) is 3.62. The molecular formula is C5H10N2O2. The molecule has 4 nitrogen and oxygen atoms in total. The molecule has 0 aliphatic rings. The minimum absolute atomic E-state index is 0.0104. The monoisotopic (exact) mass is 130 g/mol. The second-order valence-corrected chi connectivity index (χ2v) is 1.74. The molecule has 0 heterocycles. The summed E-state index contributed by atoms with van der Waals surface area (Å²) in [4.78, 5) is 20.4. The summed E-state index contributed by atoms with van der Waals surface area (Å²) < 4.78 is 0. The number of hydrogen-bond donors (Lipinski definition) is 2. The Labute approximate surface area is 53.6 Å². The molecule has 0 fully saturated rings. The molecule has 2 N–H and O–H groups in total. The number of nitrogens with one attached hydrogen (secondary N) is 2. The maximum absolute atomic E-state index is 10.2. The molecule has 0 saturated heterocycles. The lowest BCUT2D eigenvalue weighted by Gasteiger charge is -1.99. The Hall–Kier alpha value is -0.900. The van der Waals surface area contributed by atoms with E-state index in [1.165, 1.54) is 13.8 Å². The topological polar surface area (TPSA) is 58.2 Å². The quantitative estimate of drug-likeness (QED) is 0.492. The van der Waals surface area contributed by atoms with E-state index in [1.54, 1.807) is 0 Å². The van der Waals surface area contributed by atoms with Crippen molar-refractivity contribution in [1.82, 2.24) is 10.9 Å². The van der Waals surface area contributed by atoms with E-state index in [9.17, 15) is 9.59 Å². The standard InChI is InChI=1S/C5H10N2O2/c1-4(8)3-6-7-5(2)9/h6H,3H2,1-2H3,(H,7,9). The molecule has 0 aromatic carbocycles. The number of Topliss-reactive ketones (excluding diaryl/α,β-unsaturated/α-hetero) is 1. The predicted molar refractivity (Wildman–Crippen MR) is 32.5 cm³/mol. The van der Waals surface area contributed by atoms with Crippen molar-refractivity contribution in [1.29, 1.82) is 0 Å². The van der Waals surface area contributed by atoms with Gasteiger partial charge in [0.25, 0.3) is 0 Å². The zero-order valence-electron chi connectivity index (χ0n) is 5.52. The van der Waals surface area contributed by atoms with Gasteiger partial charge in [0.05, 0.1) is 6.54 Å². The average molecular weight is 130 g/mol. The Balaban J connectivity index is 3.10. The molecule has 9 heavy (non-hydrogen) atoms. The lowest BCUT2D eigenvalue weighted by atomic mass is 10.5. The number of carbonyl (C=O) groups is 2. The molecule has 0 aromatic rings. The number of hydrogen-bond acceptors (Lipinski definition) is 3. The summed E-state index contributed by atoms with van der Waals surface area (Å²) >= 11 is 0. The van der Waals surface area contributed by atoms with E-state index in [0.717, 1.165) is 0 Å². The summed E-state index contributed by atoms with van der Waals surface area (Å²) in [5.74, 6) is -0.208. The zero-order chi connectivity index (χ0) is 7.28. The van der Waals surface area contributed by atoms with Gasteiger partial charge in [-0.15, -0.1) is 0 Å². The molecule has 0 aliphatic carbocycles. The minimum Gasteiger partial charge on any atom is -0.299 e.